The lowest BCUT2D eigenvalue weighted by atomic mass is 10.2. The fourth-order valence-electron chi connectivity index (χ4n) is 2.03. The van der Waals surface area contributed by atoms with E-state index in [-0.39, 0.29) is 11.6 Å². The highest BCUT2D eigenvalue weighted by molar-refractivity contribution is 5.36. The Balaban J connectivity index is 2.24. The summed E-state index contributed by atoms with van der Waals surface area (Å²) in [6, 6.07) is 6.38. The number of hydrogen-bond donors (Lipinski definition) is 1. The van der Waals surface area contributed by atoms with Crippen LogP contribution in [0.5, 0.6) is 11.6 Å². The summed E-state index contributed by atoms with van der Waals surface area (Å²) in [7, 11) is 1.80. The maximum absolute atomic E-state index is 13.7. The molecule has 2 aromatic rings. The molecule has 20 heavy (non-hydrogen) atoms. The molecule has 0 fully saturated rings. The summed E-state index contributed by atoms with van der Waals surface area (Å²) in [5.41, 5.74) is 1.85. The lowest BCUT2D eigenvalue weighted by Gasteiger charge is -2.10. The standard InChI is InChI=1S/C15H20FN3O/c1-4-9-17-10-12-11(2)18-19(3)15(12)20-14-8-6-5-7-13(14)16/h5-8,17H,4,9-10H2,1-3H3. The third kappa shape index (κ3) is 3.17. The van der Waals surface area contributed by atoms with Gasteiger partial charge in [-0.3, -0.25) is 0 Å². The molecule has 0 unspecified atom stereocenters. The third-order valence-electron chi connectivity index (χ3n) is 3.06. The Kier molecular flexibility index (Phi) is 4.74. The van der Waals surface area contributed by atoms with Crippen molar-refractivity contribution in [2.75, 3.05) is 6.54 Å². The SMILES string of the molecule is CCCNCc1c(C)nn(C)c1Oc1ccccc1F. The fourth-order valence-corrected chi connectivity index (χ4v) is 2.03. The van der Waals surface area contributed by atoms with Crippen LogP contribution >= 0.6 is 0 Å². The molecule has 0 saturated carbocycles. The maximum Gasteiger partial charge on any atom is 0.222 e. The molecular formula is C15H20FN3O. The molecule has 0 aliphatic heterocycles. The number of halogens is 1. The van der Waals surface area contributed by atoms with Gasteiger partial charge in [0.25, 0.3) is 0 Å². The van der Waals surface area contributed by atoms with Gasteiger partial charge in [0.1, 0.15) is 0 Å². The first-order valence-electron chi connectivity index (χ1n) is 6.79. The van der Waals surface area contributed by atoms with Crippen LogP contribution in [0.4, 0.5) is 4.39 Å². The minimum absolute atomic E-state index is 0.215. The van der Waals surface area contributed by atoms with Crippen LogP contribution in [0.1, 0.15) is 24.6 Å². The number of nitrogens with one attached hydrogen (secondary N) is 1. The molecule has 0 spiro atoms. The van der Waals surface area contributed by atoms with Crippen LogP contribution in [0.3, 0.4) is 0 Å². The van der Waals surface area contributed by atoms with Gasteiger partial charge in [-0.05, 0) is 32.0 Å². The van der Waals surface area contributed by atoms with Gasteiger partial charge in [0.05, 0.1) is 11.3 Å². The van der Waals surface area contributed by atoms with Crippen molar-refractivity contribution in [2.24, 2.45) is 7.05 Å². The van der Waals surface area contributed by atoms with Crippen LogP contribution in [-0.2, 0) is 13.6 Å². The van der Waals surface area contributed by atoms with Crippen LogP contribution in [0.15, 0.2) is 24.3 Å². The largest absolute Gasteiger partial charge is 0.436 e. The second kappa shape index (κ2) is 6.52. The Morgan fingerprint density at radius 2 is 2.10 bits per heavy atom. The van der Waals surface area contributed by atoms with Gasteiger partial charge in [-0.1, -0.05) is 19.1 Å². The van der Waals surface area contributed by atoms with Crippen LogP contribution in [0.25, 0.3) is 0 Å². The van der Waals surface area contributed by atoms with Crippen molar-refractivity contribution < 1.29 is 9.13 Å². The molecule has 0 bridgehead atoms. The highest BCUT2D eigenvalue weighted by atomic mass is 19.1. The second-order valence-electron chi connectivity index (χ2n) is 4.70. The number of aryl methyl sites for hydroxylation is 2. The highest BCUT2D eigenvalue weighted by Crippen LogP contribution is 2.28. The van der Waals surface area contributed by atoms with Crippen molar-refractivity contribution in [2.45, 2.75) is 26.8 Å². The Labute approximate surface area is 118 Å². The molecule has 1 aromatic heterocycles. The molecule has 1 heterocycles. The quantitative estimate of drug-likeness (QED) is 0.824. The van der Waals surface area contributed by atoms with E-state index in [9.17, 15) is 4.39 Å². The Hall–Kier alpha value is -1.88. The number of para-hydroxylation sites is 1. The minimum Gasteiger partial charge on any atom is -0.436 e. The lowest BCUT2D eigenvalue weighted by molar-refractivity contribution is 0.398. The van der Waals surface area contributed by atoms with Crippen molar-refractivity contribution in [1.29, 1.82) is 0 Å². The molecule has 2 rings (SSSR count). The van der Waals surface area contributed by atoms with E-state index in [2.05, 4.69) is 17.3 Å². The van der Waals surface area contributed by atoms with Crippen LogP contribution in [-0.4, -0.2) is 16.3 Å². The smallest absolute Gasteiger partial charge is 0.222 e. The van der Waals surface area contributed by atoms with Gasteiger partial charge in [-0.15, -0.1) is 0 Å². The molecule has 1 N–H and O–H groups in total. The Morgan fingerprint density at radius 3 is 2.80 bits per heavy atom. The number of aromatic nitrogens is 2. The number of rotatable bonds is 6. The van der Waals surface area contributed by atoms with Gasteiger partial charge in [0, 0.05) is 13.6 Å². The van der Waals surface area contributed by atoms with E-state index in [1.165, 1.54) is 6.07 Å². The van der Waals surface area contributed by atoms with E-state index in [1.807, 2.05) is 6.92 Å². The minimum atomic E-state index is -0.376. The average molecular weight is 277 g/mol. The Bertz CT molecular complexity index is 580. The molecule has 108 valence electrons. The molecule has 4 nitrogen and oxygen atoms in total. The van der Waals surface area contributed by atoms with Gasteiger partial charge in [0.15, 0.2) is 11.6 Å². The number of nitrogens with zero attached hydrogens (tertiary/aromatic N) is 2. The van der Waals surface area contributed by atoms with Crippen molar-refractivity contribution in [3.63, 3.8) is 0 Å². The molecule has 0 saturated heterocycles. The fraction of sp³-hybridized carbons (Fsp3) is 0.400. The highest BCUT2D eigenvalue weighted by Gasteiger charge is 2.16. The molecule has 5 heteroatoms. The summed E-state index contributed by atoms with van der Waals surface area (Å²) in [6.07, 6.45) is 1.06. The summed E-state index contributed by atoms with van der Waals surface area (Å²) < 4.78 is 21.0. The van der Waals surface area contributed by atoms with E-state index >= 15 is 0 Å². The Morgan fingerprint density at radius 1 is 1.35 bits per heavy atom. The van der Waals surface area contributed by atoms with E-state index in [4.69, 9.17) is 4.74 Å². The van der Waals surface area contributed by atoms with E-state index in [0.29, 0.717) is 12.4 Å². The average Bonchev–Trinajstić information content (AvgIpc) is 2.68. The number of benzene rings is 1. The van der Waals surface area contributed by atoms with Crippen molar-refractivity contribution >= 4 is 0 Å². The first kappa shape index (κ1) is 14.5. The van der Waals surface area contributed by atoms with Gasteiger partial charge in [0.2, 0.25) is 5.88 Å². The van der Waals surface area contributed by atoms with Crippen LogP contribution < -0.4 is 10.1 Å². The van der Waals surface area contributed by atoms with Crippen LogP contribution in [0.2, 0.25) is 0 Å². The first-order valence-corrected chi connectivity index (χ1v) is 6.79. The molecular weight excluding hydrogens is 257 g/mol. The number of ether oxygens (including phenoxy) is 1. The topological polar surface area (TPSA) is 39.1 Å². The summed E-state index contributed by atoms with van der Waals surface area (Å²) in [6.45, 7) is 5.63. The van der Waals surface area contributed by atoms with Gasteiger partial charge in [-0.25, -0.2) is 9.07 Å². The molecule has 0 atom stereocenters. The molecule has 0 amide bonds. The van der Waals surface area contributed by atoms with Crippen molar-refractivity contribution in [1.82, 2.24) is 15.1 Å². The summed E-state index contributed by atoms with van der Waals surface area (Å²) in [5, 5.41) is 7.66. The predicted molar refractivity (Wildman–Crippen MR) is 76.4 cm³/mol. The van der Waals surface area contributed by atoms with Crippen molar-refractivity contribution in [3.8, 4) is 11.6 Å². The van der Waals surface area contributed by atoms with Crippen LogP contribution in [0, 0.1) is 12.7 Å². The van der Waals surface area contributed by atoms with E-state index < -0.39 is 0 Å². The van der Waals surface area contributed by atoms with Crippen molar-refractivity contribution in [3.05, 3.63) is 41.3 Å². The van der Waals surface area contributed by atoms with E-state index in [0.717, 1.165) is 24.2 Å². The monoisotopic (exact) mass is 277 g/mol. The lowest BCUT2D eigenvalue weighted by Crippen LogP contribution is -2.14. The molecule has 0 radical (unpaired) electrons. The normalized spacial score (nSPS) is 10.8. The molecule has 0 aliphatic rings. The zero-order chi connectivity index (χ0) is 14.5. The molecule has 0 aliphatic carbocycles. The van der Waals surface area contributed by atoms with Gasteiger partial charge < -0.3 is 10.1 Å². The first-order chi connectivity index (χ1) is 9.63. The van der Waals surface area contributed by atoms with Gasteiger partial charge in [-0.2, -0.15) is 5.10 Å². The summed E-state index contributed by atoms with van der Waals surface area (Å²) >= 11 is 0. The zero-order valence-electron chi connectivity index (χ0n) is 12.1. The summed E-state index contributed by atoms with van der Waals surface area (Å²) in [5.74, 6) is 0.419. The van der Waals surface area contributed by atoms with E-state index in [1.54, 1.807) is 29.9 Å². The van der Waals surface area contributed by atoms with Gasteiger partial charge >= 0.3 is 0 Å². The zero-order valence-corrected chi connectivity index (χ0v) is 12.1. The third-order valence-corrected chi connectivity index (χ3v) is 3.06. The summed E-state index contributed by atoms with van der Waals surface area (Å²) in [4.78, 5) is 0. The maximum atomic E-state index is 13.7. The predicted octanol–water partition coefficient (Wildman–Crippen LogP) is 3.16. The molecule has 1 aromatic carbocycles. The second-order valence-corrected chi connectivity index (χ2v) is 4.70. The number of hydrogen-bond acceptors (Lipinski definition) is 3.